The van der Waals surface area contributed by atoms with Crippen LogP contribution in [0.4, 0.5) is 17.6 Å². The van der Waals surface area contributed by atoms with Crippen molar-refractivity contribution in [2.75, 3.05) is 13.1 Å². The number of H-pyrrole nitrogens is 1. The fourth-order valence-electron chi connectivity index (χ4n) is 6.90. The second-order valence-corrected chi connectivity index (χ2v) is 11.8. The fraction of sp³-hybridized carbons (Fsp3) is 0.467. The molecule has 4 aromatic rings. The Kier molecular flexibility index (Phi) is 6.32. The molecular weight excluding hydrogens is 506 g/mol. The van der Waals surface area contributed by atoms with Crippen LogP contribution in [0.1, 0.15) is 62.2 Å². The van der Waals surface area contributed by atoms with Crippen molar-refractivity contribution in [2.24, 2.45) is 18.9 Å². The topological polar surface area (TPSA) is 49.7 Å². The molecule has 9 heteroatoms. The first-order chi connectivity index (χ1) is 18.5. The van der Waals surface area contributed by atoms with Crippen molar-refractivity contribution in [3.63, 3.8) is 0 Å². The third-order valence-electron chi connectivity index (χ3n) is 8.61. The van der Waals surface area contributed by atoms with E-state index in [9.17, 15) is 13.2 Å². The molecule has 2 aromatic heterocycles. The van der Waals surface area contributed by atoms with E-state index in [4.69, 9.17) is 0 Å². The Hall–Kier alpha value is -3.20. The number of alkyl halides is 3. The van der Waals surface area contributed by atoms with E-state index in [1.165, 1.54) is 6.07 Å². The van der Waals surface area contributed by atoms with Crippen molar-refractivity contribution in [1.82, 2.24) is 24.6 Å². The predicted octanol–water partition coefficient (Wildman–Crippen LogP) is 7.07. The maximum absolute atomic E-state index is 16.1. The minimum absolute atomic E-state index is 0.0582. The van der Waals surface area contributed by atoms with Crippen LogP contribution in [-0.4, -0.2) is 37.7 Å². The molecule has 5 nitrogen and oxygen atoms in total. The number of aryl methyl sites for hydroxylation is 1. The maximum Gasteiger partial charge on any atom is 0.417 e. The van der Waals surface area contributed by atoms with E-state index in [2.05, 4.69) is 33.9 Å². The van der Waals surface area contributed by atoms with Gasteiger partial charge in [0.1, 0.15) is 12.2 Å². The van der Waals surface area contributed by atoms with Crippen molar-refractivity contribution >= 4 is 10.9 Å². The molecule has 2 aliphatic rings. The van der Waals surface area contributed by atoms with Crippen LogP contribution in [0.2, 0.25) is 0 Å². The van der Waals surface area contributed by atoms with Crippen molar-refractivity contribution in [3.8, 4) is 11.1 Å². The number of nitrogens with zero attached hydrogens (tertiary/aromatic N) is 4. The Morgan fingerprint density at radius 3 is 2.56 bits per heavy atom. The summed E-state index contributed by atoms with van der Waals surface area (Å²) in [6.45, 7) is 6.58. The average molecular weight is 540 g/mol. The molecule has 0 unspecified atom stereocenters. The van der Waals surface area contributed by atoms with Gasteiger partial charge in [-0.2, -0.15) is 13.2 Å². The normalized spacial score (nSPS) is 24.3. The summed E-state index contributed by atoms with van der Waals surface area (Å²) in [6, 6.07) is 9.69. The third-order valence-corrected chi connectivity index (χ3v) is 8.61. The van der Waals surface area contributed by atoms with Gasteiger partial charge in [0, 0.05) is 36.8 Å². The molecule has 2 fully saturated rings. The highest BCUT2D eigenvalue weighted by Gasteiger charge is 2.48. The van der Waals surface area contributed by atoms with Crippen molar-refractivity contribution in [3.05, 3.63) is 71.2 Å². The monoisotopic (exact) mass is 539 g/mol. The van der Waals surface area contributed by atoms with Gasteiger partial charge in [-0.3, -0.25) is 4.90 Å². The molecule has 0 radical (unpaired) electrons. The van der Waals surface area contributed by atoms with Crippen LogP contribution in [0.15, 0.2) is 42.7 Å². The van der Waals surface area contributed by atoms with Crippen LogP contribution >= 0.6 is 0 Å². The number of likely N-dealkylation sites (tertiary alicyclic amines) is 1. The van der Waals surface area contributed by atoms with Gasteiger partial charge in [-0.1, -0.05) is 38.1 Å². The maximum atomic E-state index is 16.1. The summed E-state index contributed by atoms with van der Waals surface area (Å²) in [5, 5.41) is 8.30. The van der Waals surface area contributed by atoms with Gasteiger partial charge >= 0.3 is 6.18 Å². The van der Waals surface area contributed by atoms with Gasteiger partial charge in [-0.25, -0.2) is 4.39 Å². The number of fused-ring (bicyclic) bond motifs is 1. The molecule has 1 saturated heterocycles. The molecule has 1 N–H and O–H groups in total. The Labute approximate surface area is 225 Å². The lowest BCUT2D eigenvalue weighted by Gasteiger charge is -2.46. The Morgan fingerprint density at radius 2 is 1.90 bits per heavy atom. The van der Waals surface area contributed by atoms with Gasteiger partial charge in [0.2, 0.25) is 0 Å². The minimum Gasteiger partial charge on any atom is -0.355 e. The molecule has 1 atom stereocenters. The van der Waals surface area contributed by atoms with Crippen LogP contribution in [0.3, 0.4) is 0 Å². The van der Waals surface area contributed by atoms with Gasteiger partial charge in [0.25, 0.3) is 0 Å². The summed E-state index contributed by atoms with van der Waals surface area (Å²) >= 11 is 0. The number of halogens is 4. The summed E-state index contributed by atoms with van der Waals surface area (Å²) in [6.07, 6.45) is 0.913. The molecule has 2 aromatic carbocycles. The lowest BCUT2D eigenvalue weighted by Crippen LogP contribution is -2.43. The Morgan fingerprint density at radius 1 is 1.10 bits per heavy atom. The zero-order valence-electron chi connectivity index (χ0n) is 22.4. The molecule has 1 aliphatic carbocycles. The zero-order valence-corrected chi connectivity index (χ0v) is 22.4. The van der Waals surface area contributed by atoms with E-state index >= 15 is 4.39 Å². The average Bonchev–Trinajstić information content (AvgIpc) is 3.48. The predicted molar refractivity (Wildman–Crippen MR) is 143 cm³/mol. The summed E-state index contributed by atoms with van der Waals surface area (Å²) in [5.41, 5.74) is 0.545. The third kappa shape index (κ3) is 4.54. The first-order valence-corrected chi connectivity index (χ1v) is 13.6. The first-order valence-electron chi connectivity index (χ1n) is 13.6. The van der Waals surface area contributed by atoms with Crippen LogP contribution in [0, 0.1) is 17.7 Å². The number of aromatic nitrogens is 4. The molecule has 3 heterocycles. The van der Waals surface area contributed by atoms with Crippen molar-refractivity contribution in [2.45, 2.75) is 57.7 Å². The number of hydrogen-bond donors (Lipinski definition) is 1. The minimum atomic E-state index is -4.62. The highest BCUT2D eigenvalue weighted by atomic mass is 19.4. The molecule has 206 valence electrons. The fourth-order valence-corrected chi connectivity index (χ4v) is 6.90. The Balaban J connectivity index is 1.44. The number of aromatic amines is 1. The van der Waals surface area contributed by atoms with Crippen molar-refractivity contribution < 1.29 is 17.6 Å². The number of hydrogen-bond acceptors (Lipinski definition) is 3. The molecule has 0 amide bonds. The van der Waals surface area contributed by atoms with Gasteiger partial charge in [0.05, 0.1) is 16.5 Å². The van der Waals surface area contributed by atoms with E-state index in [1.807, 2.05) is 23.7 Å². The molecule has 1 saturated carbocycles. The van der Waals surface area contributed by atoms with Crippen LogP contribution in [-0.2, 0) is 25.2 Å². The standard InChI is InChI=1S/C30H33F4N5/c1-18-6-5-9-39(15-18)16-22-11-24-25(30(32,33)34)12-23(26(31)27(24)36-22)20-7-4-8-21(10-20)29(13-19(2)14-29)28-37-35-17-38(28)3/h4,7-8,10-12,17-19,36H,5-6,9,13-16H2,1-3H3/t18-,19?,29?/m0/s1. The highest BCUT2D eigenvalue weighted by molar-refractivity contribution is 5.90. The summed E-state index contributed by atoms with van der Waals surface area (Å²) in [4.78, 5) is 5.24. The van der Waals surface area contributed by atoms with Crippen LogP contribution < -0.4 is 0 Å². The molecule has 1 aliphatic heterocycles. The zero-order chi connectivity index (χ0) is 27.5. The molecule has 0 spiro atoms. The number of benzene rings is 2. The molecular formula is C30H33F4N5. The van der Waals surface area contributed by atoms with E-state index < -0.39 is 23.0 Å². The summed E-state index contributed by atoms with van der Waals surface area (Å²) in [7, 11) is 1.89. The lowest BCUT2D eigenvalue weighted by molar-refractivity contribution is -0.136. The van der Waals surface area contributed by atoms with Gasteiger partial charge in [0.15, 0.2) is 5.82 Å². The number of nitrogens with one attached hydrogen (secondary N) is 1. The highest BCUT2D eigenvalue weighted by Crippen LogP contribution is 2.52. The van der Waals surface area contributed by atoms with Crippen LogP contribution in [0.5, 0.6) is 0 Å². The van der Waals surface area contributed by atoms with Crippen molar-refractivity contribution in [1.29, 1.82) is 0 Å². The first kappa shape index (κ1) is 26.0. The Bertz CT molecular complexity index is 1510. The van der Waals surface area contributed by atoms with E-state index in [-0.39, 0.29) is 16.5 Å². The summed E-state index contributed by atoms with van der Waals surface area (Å²) < 4.78 is 60.9. The largest absolute Gasteiger partial charge is 0.417 e. The SMILES string of the molecule is CC1CC(c2cccc(-c3cc(C(F)(F)F)c4cc(CN5CCC[C@H](C)C5)[nH]c4c3F)c2)(c2nncn2C)C1. The quantitative estimate of drug-likeness (QED) is 0.276. The second-order valence-electron chi connectivity index (χ2n) is 11.8. The number of piperidine rings is 1. The molecule has 0 bridgehead atoms. The summed E-state index contributed by atoms with van der Waals surface area (Å²) in [5.74, 6) is 1.15. The second kappa shape index (κ2) is 9.47. The smallest absolute Gasteiger partial charge is 0.355 e. The van der Waals surface area contributed by atoms with Gasteiger partial charge in [-0.05, 0) is 67.3 Å². The van der Waals surface area contributed by atoms with E-state index in [0.29, 0.717) is 29.6 Å². The van der Waals surface area contributed by atoms with Crippen LogP contribution in [0.25, 0.3) is 22.0 Å². The lowest BCUT2D eigenvalue weighted by atomic mass is 9.58. The molecule has 6 rings (SSSR count). The molecule has 39 heavy (non-hydrogen) atoms. The van der Waals surface area contributed by atoms with Gasteiger partial charge < -0.3 is 9.55 Å². The van der Waals surface area contributed by atoms with E-state index in [0.717, 1.165) is 56.2 Å². The number of rotatable bonds is 5. The van der Waals surface area contributed by atoms with E-state index in [1.54, 1.807) is 18.5 Å². The van der Waals surface area contributed by atoms with Gasteiger partial charge in [-0.15, -0.1) is 10.2 Å².